The largest absolute Gasteiger partial charge is 0.508 e. The van der Waals surface area contributed by atoms with Gasteiger partial charge in [-0.2, -0.15) is 0 Å². The number of rotatable bonds is 2. The summed E-state index contributed by atoms with van der Waals surface area (Å²) in [5.74, 6) is 1.45. The predicted octanol–water partition coefficient (Wildman–Crippen LogP) is 3.36. The lowest BCUT2D eigenvalue weighted by Gasteiger charge is -2.07. The molecule has 0 bridgehead atoms. The standard InChI is InChI=1S/C12H12O2S/c1-2-15-12-6-5-11(14)9-4-3-8(13)7-10(9)12/h3-7,13-14H,2H2,1H3. The molecule has 0 aliphatic carbocycles. The Bertz CT molecular complexity index is 494. The van der Waals surface area contributed by atoms with Crippen molar-refractivity contribution in [3.8, 4) is 11.5 Å². The SMILES string of the molecule is CCSc1ccc(O)c2ccc(O)cc12. The fourth-order valence-electron chi connectivity index (χ4n) is 1.58. The van der Waals surface area contributed by atoms with Crippen LogP contribution in [0.5, 0.6) is 11.5 Å². The van der Waals surface area contributed by atoms with E-state index in [0.29, 0.717) is 0 Å². The molecule has 0 saturated heterocycles. The highest BCUT2D eigenvalue weighted by Gasteiger charge is 2.05. The molecule has 78 valence electrons. The van der Waals surface area contributed by atoms with E-state index in [9.17, 15) is 10.2 Å². The van der Waals surface area contributed by atoms with Crippen LogP contribution in [0.25, 0.3) is 10.8 Å². The van der Waals surface area contributed by atoms with Gasteiger partial charge in [0.05, 0.1) is 0 Å². The number of hydrogen-bond acceptors (Lipinski definition) is 3. The van der Waals surface area contributed by atoms with Gasteiger partial charge in [-0.3, -0.25) is 0 Å². The monoisotopic (exact) mass is 220 g/mol. The highest BCUT2D eigenvalue weighted by Crippen LogP contribution is 2.35. The molecule has 2 aromatic carbocycles. The van der Waals surface area contributed by atoms with Gasteiger partial charge >= 0.3 is 0 Å². The minimum Gasteiger partial charge on any atom is -0.508 e. The predicted molar refractivity (Wildman–Crippen MR) is 63.7 cm³/mol. The fourth-order valence-corrected chi connectivity index (χ4v) is 2.37. The van der Waals surface area contributed by atoms with E-state index < -0.39 is 0 Å². The Labute approximate surface area is 92.6 Å². The molecular weight excluding hydrogens is 208 g/mol. The third-order valence-corrected chi connectivity index (χ3v) is 3.19. The van der Waals surface area contributed by atoms with E-state index in [0.717, 1.165) is 21.4 Å². The highest BCUT2D eigenvalue weighted by molar-refractivity contribution is 7.99. The second-order valence-electron chi connectivity index (χ2n) is 3.25. The van der Waals surface area contributed by atoms with Crippen LogP contribution in [-0.2, 0) is 0 Å². The zero-order valence-electron chi connectivity index (χ0n) is 8.40. The molecule has 0 radical (unpaired) electrons. The molecule has 2 aromatic rings. The summed E-state index contributed by atoms with van der Waals surface area (Å²) in [7, 11) is 0. The molecular formula is C12H12O2S. The normalized spacial score (nSPS) is 10.7. The van der Waals surface area contributed by atoms with Gasteiger partial charge in [0.15, 0.2) is 0 Å². The maximum atomic E-state index is 9.66. The van der Waals surface area contributed by atoms with Crippen LogP contribution < -0.4 is 0 Å². The molecule has 2 N–H and O–H groups in total. The van der Waals surface area contributed by atoms with Crippen molar-refractivity contribution in [1.82, 2.24) is 0 Å². The second kappa shape index (κ2) is 4.03. The van der Waals surface area contributed by atoms with Crippen molar-refractivity contribution >= 4 is 22.5 Å². The molecule has 0 spiro atoms. The molecule has 0 atom stereocenters. The Hall–Kier alpha value is -1.35. The molecule has 2 rings (SSSR count). The second-order valence-corrected chi connectivity index (χ2v) is 4.55. The van der Waals surface area contributed by atoms with Gasteiger partial charge < -0.3 is 10.2 Å². The summed E-state index contributed by atoms with van der Waals surface area (Å²) in [5.41, 5.74) is 0. The molecule has 0 unspecified atom stereocenters. The number of hydrogen-bond donors (Lipinski definition) is 2. The van der Waals surface area contributed by atoms with Crippen molar-refractivity contribution in [1.29, 1.82) is 0 Å². The van der Waals surface area contributed by atoms with E-state index in [1.165, 1.54) is 0 Å². The van der Waals surface area contributed by atoms with Crippen LogP contribution in [0.15, 0.2) is 35.2 Å². The number of benzene rings is 2. The van der Waals surface area contributed by atoms with Crippen molar-refractivity contribution in [3.63, 3.8) is 0 Å². The van der Waals surface area contributed by atoms with Gasteiger partial charge in [-0.05, 0) is 36.1 Å². The summed E-state index contributed by atoms with van der Waals surface area (Å²) in [5, 5.41) is 20.8. The summed E-state index contributed by atoms with van der Waals surface area (Å²) in [6, 6.07) is 8.58. The average molecular weight is 220 g/mol. The maximum Gasteiger partial charge on any atom is 0.123 e. The molecule has 3 heteroatoms. The van der Waals surface area contributed by atoms with Gasteiger partial charge in [-0.25, -0.2) is 0 Å². The van der Waals surface area contributed by atoms with E-state index >= 15 is 0 Å². The molecule has 0 amide bonds. The van der Waals surface area contributed by atoms with Gasteiger partial charge in [-0.1, -0.05) is 6.92 Å². The topological polar surface area (TPSA) is 40.5 Å². The zero-order chi connectivity index (χ0) is 10.8. The van der Waals surface area contributed by atoms with Gasteiger partial charge in [0.1, 0.15) is 11.5 Å². The van der Waals surface area contributed by atoms with Crippen molar-refractivity contribution in [2.24, 2.45) is 0 Å². The third kappa shape index (κ3) is 1.88. The molecule has 0 aliphatic rings. The van der Waals surface area contributed by atoms with Crippen molar-refractivity contribution in [2.45, 2.75) is 11.8 Å². The van der Waals surface area contributed by atoms with Gasteiger partial charge in [0, 0.05) is 15.7 Å². The minimum absolute atomic E-state index is 0.228. The lowest BCUT2D eigenvalue weighted by molar-refractivity contribution is 0.475. The molecule has 0 saturated carbocycles. The molecule has 0 fully saturated rings. The van der Waals surface area contributed by atoms with E-state index in [4.69, 9.17) is 0 Å². The Morgan fingerprint density at radius 2 is 1.87 bits per heavy atom. The number of phenolic OH excluding ortho intramolecular Hbond substituents is 2. The van der Waals surface area contributed by atoms with E-state index in [2.05, 4.69) is 6.92 Å². The molecule has 2 nitrogen and oxygen atoms in total. The van der Waals surface area contributed by atoms with Crippen LogP contribution in [0.1, 0.15) is 6.92 Å². The third-order valence-electron chi connectivity index (χ3n) is 2.24. The number of aromatic hydroxyl groups is 2. The number of thioether (sulfide) groups is 1. The van der Waals surface area contributed by atoms with E-state index in [1.54, 1.807) is 36.0 Å². The van der Waals surface area contributed by atoms with Crippen molar-refractivity contribution in [3.05, 3.63) is 30.3 Å². The summed E-state index contributed by atoms with van der Waals surface area (Å²) >= 11 is 1.70. The van der Waals surface area contributed by atoms with E-state index in [1.807, 2.05) is 6.07 Å². The Balaban J connectivity index is 2.72. The van der Waals surface area contributed by atoms with Gasteiger partial charge in [-0.15, -0.1) is 11.8 Å². The summed E-state index contributed by atoms with van der Waals surface area (Å²) in [6.07, 6.45) is 0. The smallest absolute Gasteiger partial charge is 0.123 e. The van der Waals surface area contributed by atoms with Crippen molar-refractivity contribution in [2.75, 3.05) is 5.75 Å². The molecule has 0 aromatic heterocycles. The highest BCUT2D eigenvalue weighted by atomic mass is 32.2. The Morgan fingerprint density at radius 3 is 2.60 bits per heavy atom. The average Bonchev–Trinajstić information content (AvgIpc) is 2.22. The lowest BCUT2D eigenvalue weighted by atomic mass is 10.1. The summed E-state index contributed by atoms with van der Waals surface area (Å²) in [4.78, 5) is 1.08. The van der Waals surface area contributed by atoms with Crippen LogP contribution in [0.2, 0.25) is 0 Å². The first-order valence-electron chi connectivity index (χ1n) is 4.80. The van der Waals surface area contributed by atoms with Crippen LogP contribution in [-0.4, -0.2) is 16.0 Å². The molecule has 15 heavy (non-hydrogen) atoms. The molecule has 0 aliphatic heterocycles. The quantitative estimate of drug-likeness (QED) is 0.762. The number of fused-ring (bicyclic) bond motifs is 1. The van der Waals surface area contributed by atoms with Crippen LogP contribution in [0.4, 0.5) is 0 Å². The molecule has 0 heterocycles. The van der Waals surface area contributed by atoms with Gasteiger partial charge in [0.25, 0.3) is 0 Å². The maximum absolute atomic E-state index is 9.66. The summed E-state index contributed by atoms with van der Waals surface area (Å²) < 4.78 is 0. The Morgan fingerprint density at radius 1 is 1.07 bits per heavy atom. The van der Waals surface area contributed by atoms with Crippen LogP contribution >= 0.6 is 11.8 Å². The Kier molecular flexibility index (Phi) is 2.73. The first-order chi connectivity index (χ1) is 7.22. The fraction of sp³-hybridized carbons (Fsp3) is 0.167. The van der Waals surface area contributed by atoms with Gasteiger partial charge in [0.2, 0.25) is 0 Å². The first-order valence-corrected chi connectivity index (χ1v) is 5.78. The first kappa shape index (κ1) is 10.2. The zero-order valence-corrected chi connectivity index (χ0v) is 9.21. The van der Waals surface area contributed by atoms with Crippen molar-refractivity contribution < 1.29 is 10.2 Å². The lowest BCUT2D eigenvalue weighted by Crippen LogP contribution is -1.79. The van der Waals surface area contributed by atoms with Crippen LogP contribution in [0, 0.1) is 0 Å². The van der Waals surface area contributed by atoms with E-state index in [-0.39, 0.29) is 11.5 Å². The minimum atomic E-state index is 0.228. The summed E-state index contributed by atoms with van der Waals surface area (Å²) in [6.45, 7) is 2.08. The van der Waals surface area contributed by atoms with Crippen LogP contribution in [0.3, 0.4) is 0 Å². The number of phenols is 2.